The van der Waals surface area contributed by atoms with Crippen molar-refractivity contribution in [3.8, 4) is 0 Å². The number of para-hydroxylation sites is 1. The van der Waals surface area contributed by atoms with Gasteiger partial charge in [-0.2, -0.15) is 0 Å². The fourth-order valence-electron chi connectivity index (χ4n) is 1.92. The van der Waals surface area contributed by atoms with Gasteiger partial charge in [-0.05, 0) is 24.0 Å². The van der Waals surface area contributed by atoms with Gasteiger partial charge in [0.15, 0.2) is 0 Å². The number of rotatable bonds is 3. The molecule has 1 aromatic rings. The molecule has 1 unspecified atom stereocenters. The Hall–Kier alpha value is -2.04. The van der Waals surface area contributed by atoms with E-state index in [-0.39, 0.29) is 0 Å². The fraction of sp³-hybridized carbons (Fsp3) is 0.467. The van der Waals surface area contributed by atoms with Gasteiger partial charge in [-0.15, -0.1) is 0 Å². The second-order valence-corrected chi connectivity index (χ2v) is 5.93. The summed E-state index contributed by atoms with van der Waals surface area (Å²) >= 11 is 0. The number of anilines is 1. The van der Waals surface area contributed by atoms with Crippen molar-refractivity contribution >= 4 is 17.7 Å². The molecule has 0 aliphatic heterocycles. The average molecular weight is 278 g/mol. The predicted molar refractivity (Wildman–Crippen MR) is 79.0 cm³/mol. The minimum absolute atomic E-state index is 0.429. The highest BCUT2D eigenvalue weighted by Crippen LogP contribution is 2.21. The number of carbonyl (C=O) groups is 2. The van der Waals surface area contributed by atoms with Crippen molar-refractivity contribution in [2.75, 3.05) is 11.9 Å². The third-order valence-corrected chi connectivity index (χ3v) is 3.16. The van der Waals surface area contributed by atoms with E-state index in [1.807, 2.05) is 31.2 Å². The zero-order valence-corrected chi connectivity index (χ0v) is 12.6. The summed E-state index contributed by atoms with van der Waals surface area (Å²) in [5.74, 6) is -1.04. The van der Waals surface area contributed by atoms with Crippen molar-refractivity contribution < 1.29 is 14.7 Å². The Labute approximate surface area is 119 Å². The predicted octanol–water partition coefficient (Wildman–Crippen LogP) is 2.64. The van der Waals surface area contributed by atoms with Crippen LogP contribution in [0.15, 0.2) is 24.3 Å². The van der Waals surface area contributed by atoms with Crippen LogP contribution >= 0.6 is 0 Å². The topological polar surface area (TPSA) is 69.6 Å². The second kappa shape index (κ2) is 5.94. The summed E-state index contributed by atoms with van der Waals surface area (Å²) in [4.78, 5) is 24.9. The van der Waals surface area contributed by atoms with Crippen molar-refractivity contribution in [1.82, 2.24) is 5.32 Å². The number of benzene rings is 1. The van der Waals surface area contributed by atoms with Crippen molar-refractivity contribution in [3.63, 3.8) is 0 Å². The molecule has 5 heteroatoms. The number of nitrogens with one attached hydrogen (secondary N) is 1. The lowest BCUT2D eigenvalue weighted by atomic mass is 9.87. The quantitative estimate of drug-likeness (QED) is 0.893. The second-order valence-electron chi connectivity index (χ2n) is 5.93. The molecule has 0 saturated carbocycles. The van der Waals surface area contributed by atoms with Gasteiger partial charge in [0.1, 0.15) is 6.04 Å². The van der Waals surface area contributed by atoms with Crippen LogP contribution in [0.2, 0.25) is 0 Å². The van der Waals surface area contributed by atoms with Gasteiger partial charge < -0.3 is 10.4 Å². The highest BCUT2D eigenvalue weighted by Gasteiger charge is 2.33. The van der Waals surface area contributed by atoms with Crippen molar-refractivity contribution in [2.24, 2.45) is 5.41 Å². The van der Waals surface area contributed by atoms with E-state index in [1.54, 1.807) is 27.8 Å². The monoisotopic (exact) mass is 278 g/mol. The molecule has 2 amide bonds. The first-order valence-corrected chi connectivity index (χ1v) is 6.47. The number of urea groups is 1. The van der Waals surface area contributed by atoms with Crippen molar-refractivity contribution in [3.05, 3.63) is 29.8 Å². The number of carbonyl (C=O) groups excluding carboxylic acids is 1. The zero-order valence-electron chi connectivity index (χ0n) is 12.6. The van der Waals surface area contributed by atoms with Crippen LogP contribution in [0.5, 0.6) is 0 Å². The standard InChI is InChI=1S/C15H22N2O3/c1-10-8-6-7-9-11(10)17(5)14(20)16-12(13(18)19)15(2,3)4/h6-9,12H,1-5H3,(H,16,20)(H,18,19). The SMILES string of the molecule is Cc1ccccc1N(C)C(=O)NC(C(=O)O)C(C)(C)C. The van der Waals surface area contributed by atoms with E-state index in [0.29, 0.717) is 0 Å². The molecule has 0 aliphatic rings. The number of aryl methyl sites for hydroxylation is 1. The lowest BCUT2D eigenvalue weighted by Crippen LogP contribution is -2.52. The number of aliphatic carboxylic acids is 1. The van der Waals surface area contributed by atoms with Gasteiger partial charge >= 0.3 is 12.0 Å². The van der Waals surface area contributed by atoms with E-state index >= 15 is 0 Å². The number of hydrogen-bond donors (Lipinski definition) is 2. The van der Waals surface area contributed by atoms with Crippen molar-refractivity contribution in [2.45, 2.75) is 33.7 Å². The maximum atomic E-state index is 12.2. The first-order chi connectivity index (χ1) is 9.14. The van der Waals surface area contributed by atoms with Crippen LogP contribution in [0.1, 0.15) is 26.3 Å². The van der Waals surface area contributed by atoms with Crippen molar-refractivity contribution in [1.29, 1.82) is 0 Å². The number of carboxylic acids is 1. The lowest BCUT2D eigenvalue weighted by molar-refractivity contribution is -0.141. The maximum absolute atomic E-state index is 12.2. The molecule has 0 spiro atoms. The molecule has 0 fully saturated rings. The summed E-state index contributed by atoms with van der Waals surface area (Å²) in [6, 6.07) is 6.08. The molecule has 2 N–H and O–H groups in total. The normalized spacial score (nSPS) is 12.7. The highest BCUT2D eigenvalue weighted by atomic mass is 16.4. The highest BCUT2D eigenvalue weighted by molar-refractivity contribution is 5.94. The Balaban J connectivity index is 2.90. The van der Waals surface area contributed by atoms with E-state index in [9.17, 15) is 14.7 Å². The number of amides is 2. The third kappa shape index (κ3) is 3.73. The molecule has 1 rings (SSSR count). The van der Waals surface area contributed by atoms with Crippen LogP contribution < -0.4 is 10.2 Å². The largest absolute Gasteiger partial charge is 0.480 e. The Bertz CT molecular complexity index is 506. The molecule has 0 saturated heterocycles. The summed E-state index contributed by atoms with van der Waals surface area (Å²) in [5.41, 5.74) is 1.14. The van der Waals surface area contributed by atoms with Gasteiger partial charge in [0, 0.05) is 12.7 Å². The van der Waals surface area contributed by atoms with Crippen LogP contribution in [-0.2, 0) is 4.79 Å². The van der Waals surface area contributed by atoms with Gasteiger partial charge in [-0.25, -0.2) is 9.59 Å². The fourth-order valence-corrected chi connectivity index (χ4v) is 1.92. The molecule has 0 heterocycles. The summed E-state index contributed by atoms with van der Waals surface area (Å²) in [6.45, 7) is 7.23. The Morgan fingerprint density at radius 3 is 2.25 bits per heavy atom. The summed E-state index contributed by atoms with van der Waals surface area (Å²) in [6.07, 6.45) is 0. The van der Waals surface area contributed by atoms with E-state index < -0.39 is 23.5 Å². The molecule has 1 aromatic carbocycles. The van der Waals surface area contributed by atoms with Crippen LogP contribution in [0, 0.1) is 12.3 Å². The number of hydrogen-bond acceptors (Lipinski definition) is 2. The lowest BCUT2D eigenvalue weighted by Gasteiger charge is -2.30. The van der Waals surface area contributed by atoms with Gasteiger partial charge in [-0.1, -0.05) is 39.0 Å². The molecule has 0 bridgehead atoms. The van der Waals surface area contributed by atoms with Crippen LogP contribution in [-0.4, -0.2) is 30.2 Å². The van der Waals surface area contributed by atoms with Crippen LogP contribution in [0.25, 0.3) is 0 Å². The van der Waals surface area contributed by atoms with Gasteiger partial charge in [0.2, 0.25) is 0 Å². The van der Waals surface area contributed by atoms with Gasteiger partial charge in [0.25, 0.3) is 0 Å². The average Bonchev–Trinajstić information content (AvgIpc) is 2.33. The zero-order chi connectivity index (χ0) is 15.5. The van der Waals surface area contributed by atoms with Gasteiger partial charge in [0.05, 0.1) is 0 Å². The molecule has 20 heavy (non-hydrogen) atoms. The summed E-state index contributed by atoms with van der Waals surface area (Å²) in [5, 5.41) is 11.8. The van der Waals surface area contributed by atoms with E-state index in [2.05, 4.69) is 5.32 Å². The van der Waals surface area contributed by atoms with E-state index in [0.717, 1.165) is 11.3 Å². The number of carboxylic acid groups (broad SMARTS) is 1. The van der Waals surface area contributed by atoms with E-state index in [4.69, 9.17) is 0 Å². The molecule has 0 radical (unpaired) electrons. The minimum atomic E-state index is -1.04. The molecule has 0 aliphatic carbocycles. The van der Waals surface area contributed by atoms with Crippen LogP contribution in [0.3, 0.4) is 0 Å². The van der Waals surface area contributed by atoms with E-state index in [1.165, 1.54) is 4.90 Å². The third-order valence-electron chi connectivity index (χ3n) is 3.16. The first kappa shape index (κ1) is 16.0. The Morgan fingerprint density at radius 2 is 1.80 bits per heavy atom. The molecule has 1 atom stereocenters. The Kier molecular flexibility index (Phi) is 4.76. The maximum Gasteiger partial charge on any atom is 0.326 e. The summed E-state index contributed by atoms with van der Waals surface area (Å²) < 4.78 is 0. The van der Waals surface area contributed by atoms with Crippen LogP contribution in [0.4, 0.5) is 10.5 Å². The molecule has 5 nitrogen and oxygen atoms in total. The van der Waals surface area contributed by atoms with Gasteiger partial charge in [-0.3, -0.25) is 4.90 Å². The molecule has 110 valence electrons. The minimum Gasteiger partial charge on any atom is -0.480 e. The first-order valence-electron chi connectivity index (χ1n) is 6.47. The smallest absolute Gasteiger partial charge is 0.326 e. The number of nitrogens with zero attached hydrogens (tertiary/aromatic N) is 1. The Morgan fingerprint density at radius 1 is 1.25 bits per heavy atom. The molecular weight excluding hydrogens is 256 g/mol. The molecular formula is C15H22N2O3. The molecule has 0 aromatic heterocycles. The summed E-state index contributed by atoms with van der Waals surface area (Å²) in [7, 11) is 1.62.